The van der Waals surface area contributed by atoms with E-state index in [4.69, 9.17) is 14.5 Å². The molecular formula is C27H30N2O2. The van der Waals surface area contributed by atoms with E-state index in [0.29, 0.717) is 13.2 Å². The quantitative estimate of drug-likeness (QED) is 0.297. The number of nitrogens with zero attached hydrogens (tertiary/aromatic N) is 2. The van der Waals surface area contributed by atoms with Crippen molar-refractivity contribution in [2.24, 2.45) is 0 Å². The van der Waals surface area contributed by atoms with E-state index in [1.165, 1.54) is 16.7 Å². The predicted octanol–water partition coefficient (Wildman–Crippen LogP) is 6.40. The van der Waals surface area contributed by atoms with E-state index in [2.05, 4.69) is 73.9 Å². The third-order valence-corrected chi connectivity index (χ3v) is 5.55. The van der Waals surface area contributed by atoms with Crippen molar-refractivity contribution in [3.8, 4) is 11.5 Å². The summed E-state index contributed by atoms with van der Waals surface area (Å²) in [6.07, 6.45) is 2.00. The van der Waals surface area contributed by atoms with Crippen LogP contribution in [0, 0.1) is 20.8 Å². The van der Waals surface area contributed by atoms with Crippen molar-refractivity contribution in [3.05, 3.63) is 89.2 Å². The van der Waals surface area contributed by atoms with Gasteiger partial charge in [-0.25, -0.2) is 4.98 Å². The highest BCUT2D eigenvalue weighted by atomic mass is 16.5. The van der Waals surface area contributed by atoms with Crippen molar-refractivity contribution < 1.29 is 9.47 Å². The van der Waals surface area contributed by atoms with E-state index >= 15 is 0 Å². The summed E-state index contributed by atoms with van der Waals surface area (Å²) in [5.41, 5.74) is 5.77. The number of unbranched alkanes of at least 4 members (excludes halogenated alkanes) is 1. The fourth-order valence-electron chi connectivity index (χ4n) is 3.84. The van der Waals surface area contributed by atoms with E-state index in [-0.39, 0.29) is 0 Å². The lowest BCUT2D eigenvalue weighted by Crippen LogP contribution is -2.09. The van der Waals surface area contributed by atoms with Crippen LogP contribution in [0.15, 0.2) is 66.7 Å². The van der Waals surface area contributed by atoms with Gasteiger partial charge in [0.1, 0.15) is 23.9 Å². The molecule has 4 rings (SSSR count). The zero-order valence-electron chi connectivity index (χ0n) is 18.6. The fourth-order valence-corrected chi connectivity index (χ4v) is 3.84. The Morgan fingerprint density at radius 3 is 2.29 bits per heavy atom. The molecule has 0 aliphatic carbocycles. The van der Waals surface area contributed by atoms with Gasteiger partial charge in [-0.15, -0.1) is 0 Å². The zero-order valence-corrected chi connectivity index (χ0v) is 18.6. The summed E-state index contributed by atoms with van der Waals surface area (Å²) in [6.45, 7) is 8.33. The van der Waals surface area contributed by atoms with Crippen molar-refractivity contribution in [1.82, 2.24) is 9.55 Å². The van der Waals surface area contributed by atoms with Crippen LogP contribution in [0.3, 0.4) is 0 Å². The highest BCUT2D eigenvalue weighted by Crippen LogP contribution is 2.23. The van der Waals surface area contributed by atoms with Crippen molar-refractivity contribution in [2.75, 3.05) is 6.61 Å². The topological polar surface area (TPSA) is 36.3 Å². The summed E-state index contributed by atoms with van der Waals surface area (Å²) in [4.78, 5) is 4.82. The minimum absolute atomic E-state index is 0.455. The Hall–Kier alpha value is -3.27. The van der Waals surface area contributed by atoms with Gasteiger partial charge in [-0.1, -0.05) is 48.0 Å². The molecule has 0 radical (unpaired) electrons. The Kier molecular flexibility index (Phi) is 6.56. The van der Waals surface area contributed by atoms with Crippen molar-refractivity contribution in [2.45, 2.75) is 46.8 Å². The first kappa shape index (κ1) is 21.0. The number of para-hydroxylation sites is 3. The van der Waals surface area contributed by atoms with Gasteiger partial charge in [0, 0.05) is 6.54 Å². The van der Waals surface area contributed by atoms with Crippen LogP contribution in [-0.4, -0.2) is 16.2 Å². The Balaban J connectivity index is 1.39. The SMILES string of the molecule is Cc1ccc(OCc2nc3ccccc3n2CCCCOc2c(C)cccc2C)cc1. The summed E-state index contributed by atoms with van der Waals surface area (Å²) in [5.74, 6) is 2.84. The lowest BCUT2D eigenvalue weighted by atomic mass is 10.1. The molecule has 1 aromatic heterocycles. The average molecular weight is 415 g/mol. The molecule has 4 aromatic rings. The normalized spacial score (nSPS) is 11.1. The molecule has 0 saturated carbocycles. The van der Waals surface area contributed by atoms with E-state index < -0.39 is 0 Å². The molecule has 0 saturated heterocycles. The van der Waals surface area contributed by atoms with Crippen LogP contribution < -0.4 is 9.47 Å². The summed E-state index contributed by atoms with van der Waals surface area (Å²) in [5, 5.41) is 0. The third-order valence-electron chi connectivity index (χ3n) is 5.55. The van der Waals surface area contributed by atoms with Crippen LogP contribution in [0.2, 0.25) is 0 Å². The van der Waals surface area contributed by atoms with Crippen molar-refractivity contribution >= 4 is 11.0 Å². The largest absolute Gasteiger partial charge is 0.493 e. The number of benzene rings is 3. The van der Waals surface area contributed by atoms with E-state index in [1.807, 2.05) is 18.2 Å². The monoisotopic (exact) mass is 414 g/mol. The van der Waals surface area contributed by atoms with Gasteiger partial charge in [0.05, 0.1) is 17.6 Å². The molecule has 1 heterocycles. The number of hydrogen-bond donors (Lipinski definition) is 0. The van der Waals surface area contributed by atoms with E-state index in [9.17, 15) is 0 Å². The standard InChI is InChI=1S/C27H30N2O2/c1-20-13-15-23(16-14-20)31-19-26-28-24-11-4-5-12-25(24)29(26)17-6-7-18-30-27-21(2)9-8-10-22(27)3/h4-5,8-16H,6-7,17-19H2,1-3H3. The Bertz CT molecular complexity index is 1130. The summed E-state index contributed by atoms with van der Waals surface area (Å²) >= 11 is 0. The molecule has 0 fully saturated rings. The summed E-state index contributed by atoms with van der Waals surface area (Å²) in [6, 6.07) is 22.7. The van der Waals surface area contributed by atoms with Crippen LogP contribution in [-0.2, 0) is 13.2 Å². The highest BCUT2D eigenvalue weighted by molar-refractivity contribution is 5.75. The van der Waals surface area contributed by atoms with Gasteiger partial charge >= 0.3 is 0 Å². The number of hydrogen-bond acceptors (Lipinski definition) is 3. The lowest BCUT2D eigenvalue weighted by molar-refractivity contribution is 0.284. The molecule has 0 spiro atoms. The Morgan fingerprint density at radius 2 is 1.52 bits per heavy atom. The zero-order chi connectivity index (χ0) is 21.6. The molecular weight excluding hydrogens is 384 g/mol. The van der Waals surface area contributed by atoms with Gasteiger partial charge in [-0.05, 0) is 69.0 Å². The molecule has 0 bridgehead atoms. The van der Waals surface area contributed by atoms with Gasteiger partial charge in [0.15, 0.2) is 0 Å². The number of aromatic nitrogens is 2. The maximum absolute atomic E-state index is 6.07. The van der Waals surface area contributed by atoms with Crippen LogP contribution in [0.1, 0.15) is 35.4 Å². The number of rotatable bonds is 9. The predicted molar refractivity (Wildman–Crippen MR) is 126 cm³/mol. The van der Waals surface area contributed by atoms with Gasteiger partial charge in [-0.2, -0.15) is 0 Å². The molecule has 0 amide bonds. The van der Waals surface area contributed by atoms with Crippen LogP contribution in [0.5, 0.6) is 11.5 Å². The highest BCUT2D eigenvalue weighted by Gasteiger charge is 2.11. The second kappa shape index (κ2) is 9.69. The number of fused-ring (bicyclic) bond motifs is 1. The van der Waals surface area contributed by atoms with Gasteiger partial charge in [-0.3, -0.25) is 0 Å². The number of ether oxygens (including phenoxy) is 2. The first-order chi connectivity index (χ1) is 15.1. The van der Waals surface area contributed by atoms with E-state index in [1.54, 1.807) is 0 Å². The summed E-state index contributed by atoms with van der Waals surface area (Å²) < 4.78 is 14.4. The average Bonchev–Trinajstić information content (AvgIpc) is 3.12. The van der Waals surface area contributed by atoms with Gasteiger partial charge in [0.2, 0.25) is 0 Å². The molecule has 4 heteroatoms. The van der Waals surface area contributed by atoms with Crippen LogP contribution >= 0.6 is 0 Å². The third kappa shape index (κ3) is 5.08. The molecule has 160 valence electrons. The molecule has 0 N–H and O–H groups in total. The number of imidazole rings is 1. The first-order valence-corrected chi connectivity index (χ1v) is 10.9. The smallest absolute Gasteiger partial charge is 0.147 e. The molecule has 0 atom stereocenters. The Morgan fingerprint density at radius 1 is 0.774 bits per heavy atom. The Labute approximate surface area is 184 Å². The maximum Gasteiger partial charge on any atom is 0.147 e. The van der Waals surface area contributed by atoms with Gasteiger partial charge < -0.3 is 14.0 Å². The molecule has 31 heavy (non-hydrogen) atoms. The van der Waals surface area contributed by atoms with Crippen LogP contribution in [0.4, 0.5) is 0 Å². The number of aryl methyl sites for hydroxylation is 4. The fraction of sp³-hybridized carbons (Fsp3) is 0.296. The minimum Gasteiger partial charge on any atom is -0.493 e. The summed E-state index contributed by atoms with van der Waals surface area (Å²) in [7, 11) is 0. The van der Waals surface area contributed by atoms with E-state index in [0.717, 1.165) is 47.7 Å². The molecule has 4 nitrogen and oxygen atoms in total. The lowest BCUT2D eigenvalue weighted by Gasteiger charge is -2.13. The second-order valence-corrected chi connectivity index (χ2v) is 8.05. The van der Waals surface area contributed by atoms with Crippen molar-refractivity contribution in [1.29, 1.82) is 0 Å². The van der Waals surface area contributed by atoms with Gasteiger partial charge in [0.25, 0.3) is 0 Å². The first-order valence-electron chi connectivity index (χ1n) is 10.9. The molecule has 0 unspecified atom stereocenters. The maximum atomic E-state index is 6.07. The second-order valence-electron chi connectivity index (χ2n) is 8.05. The molecule has 3 aromatic carbocycles. The molecule has 0 aliphatic rings. The van der Waals surface area contributed by atoms with Crippen LogP contribution in [0.25, 0.3) is 11.0 Å². The van der Waals surface area contributed by atoms with Crippen molar-refractivity contribution in [3.63, 3.8) is 0 Å². The minimum atomic E-state index is 0.455. The molecule has 0 aliphatic heterocycles.